The Kier molecular flexibility index (Phi) is 4.33. The second-order valence-electron chi connectivity index (χ2n) is 3.84. The molecule has 94 valence electrons. The van der Waals surface area contributed by atoms with Gasteiger partial charge in [0.05, 0.1) is 0 Å². The SMILES string of the molecule is NCc1c(F)cc(SCc2ccccc2)cc1F. The Labute approximate surface area is 109 Å². The number of benzene rings is 2. The van der Waals surface area contributed by atoms with Crippen molar-refractivity contribution in [3.05, 3.63) is 65.2 Å². The summed E-state index contributed by atoms with van der Waals surface area (Å²) < 4.78 is 27.0. The van der Waals surface area contributed by atoms with Gasteiger partial charge in [-0.05, 0) is 17.7 Å². The van der Waals surface area contributed by atoms with E-state index in [1.807, 2.05) is 30.3 Å². The van der Waals surface area contributed by atoms with Gasteiger partial charge in [-0.1, -0.05) is 30.3 Å². The molecule has 0 radical (unpaired) electrons. The Bertz CT molecular complexity index is 506. The van der Waals surface area contributed by atoms with Crippen molar-refractivity contribution in [3.63, 3.8) is 0 Å². The van der Waals surface area contributed by atoms with E-state index in [4.69, 9.17) is 5.73 Å². The first-order chi connectivity index (χ1) is 8.70. The highest BCUT2D eigenvalue weighted by molar-refractivity contribution is 7.98. The van der Waals surface area contributed by atoms with Crippen LogP contribution >= 0.6 is 11.8 Å². The van der Waals surface area contributed by atoms with Crippen LogP contribution in [0.2, 0.25) is 0 Å². The molecule has 4 heteroatoms. The summed E-state index contributed by atoms with van der Waals surface area (Å²) in [4.78, 5) is 0.575. The zero-order valence-corrected chi connectivity index (χ0v) is 10.5. The van der Waals surface area contributed by atoms with Gasteiger partial charge >= 0.3 is 0 Å². The van der Waals surface area contributed by atoms with E-state index in [1.54, 1.807) is 0 Å². The van der Waals surface area contributed by atoms with E-state index in [0.29, 0.717) is 10.6 Å². The maximum Gasteiger partial charge on any atom is 0.131 e. The van der Waals surface area contributed by atoms with E-state index in [0.717, 1.165) is 5.56 Å². The van der Waals surface area contributed by atoms with Gasteiger partial charge in [0.15, 0.2) is 0 Å². The molecule has 18 heavy (non-hydrogen) atoms. The van der Waals surface area contributed by atoms with Crippen molar-refractivity contribution in [1.29, 1.82) is 0 Å². The van der Waals surface area contributed by atoms with E-state index in [9.17, 15) is 8.78 Å². The third-order valence-electron chi connectivity index (χ3n) is 2.57. The average molecular weight is 265 g/mol. The van der Waals surface area contributed by atoms with Gasteiger partial charge in [-0.2, -0.15) is 0 Å². The summed E-state index contributed by atoms with van der Waals surface area (Å²) in [5, 5.41) is 0. The quantitative estimate of drug-likeness (QED) is 0.853. The number of hydrogen-bond donors (Lipinski definition) is 1. The van der Waals surface area contributed by atoms with Crippen LogP contribution < -0.4 is 5.73 Å². The van der Waals surface area contributed by atoms with Crippen LogP contribution in [0.25, 0.3) is 0 Å². The molecule has 0 bridgehead atoms. The van der Waals surface area contributed by atoms with Crippen LogP contribution in [0, 0.1) is 11.6 Å². The first kappa shape index (κ1) is 13.1. The fraction of sp³-hybridized carbons (Fsp3) is 0.143. The first-order valence-electron chi connectivity index (χ1n) is 5.55. The maximum atomic E-state index is 13.5. The number of hydrogen-bond acceptors (Lipinski definition) is 2. The van der Waals surface area contributed by atoms with E-state index in [-0.39, 0.29) is 12.1 Å². The molecule has 0 atom stereocenters. The van der Waals surface area contributed by atoms with Gasteiger partial charge in [0.25, 0.3) is 0 Å². The molecule has 0 aromatic heterocycles. The van der Waals surface area contributed by atoms with Crippen molar-refractivity contribution in [3.8, 4) is 0 Å². The lowest BCUT2D eigenvalue weighted by Crippen LogP contribution is -2.03. The third-order valence-corrected chi connectivity index (χ3v) is 3.61. The minimum absolute atomic E-state index is 0.0564. The van der Waals surface area contributed by atoms with Crippen molar-refractivity contribution < 1.29 is 8.78 Å². The molecule has 0 saturated heterocycles. The summed E-state index contributed by atoms with van der Waals surface area (Å²) in [6.07, 6.45) is 0. The molecule has 0 aliphatic heterocycles. The van der Waals surface area contributed by atoms with Gasteiger partial charge in [0, 0.05) is 22.8 Å². The molecule has 2 rings (SSSR count). The van der Waals surface area contributed by atoms with Gasteiger partial charge in [-0.15, -0.1) is 11.8 Å². The average Bonchev–Trinajstić information content (AvgIpc) is 2.37. The molecule has 0 unspecified atom stereocenters. The maximum absolute atomic E-state index is 13.5. The van der Waals surface area contributed by atoms with Crippen molar-refractivity contribution in [1.82, 2.24) is 0 Å². The zero-order chi connectivity index (χ0) is 13.0. The second kappa shape index (κ2) is 5.98. The normalized spacial score (nSPS) is 10.6. The predicted molar refractivity (Wildman–Crippen MR) is 70.3 cm³/mol. The summed E-state index contributed by atoms with van der Waals surface area (Å²) in [5.74, 6) is -0.470. The fourth-order valence-electron chi connectivity index (χ4n) is 1.60. The molecule has 2 aromatic rings. The summed E-state index contributed by atoms with van der Waals surface area (Å²) in [6.45, 7) is -0.124. The lowest BCUT2D eigenvalue weighted by atomic mass is 10.2. The predicted octanol–water partition coefficient (Wildman–Crippen LogP) is 3.72. The monoisotopic (exact) mass is 265 g/mol. The standard InChI is InChI=1S/C14H13F2NS/c15-13-6-11(7-14(16)12(13)8-17)18-9-10-4-2-1-3-5-10/h1-7H,8-9,17H2. The number of nitrogens with two attached hydrogens (primary N) is 1. The Balaban J connectivity index is 2.11. The van der Waals surface area contributed by atoms with Crippen LogP contribution in [0.15, 0.2) is 47.4 Å². The highest BCUT2D eigenvalue weighted by Crippen LogP contribution is 2.26. The molecular formula is C14H13F2NS. The largest absolute Gasteiger partial charge is 0.326 e. The molecule has 1 nitrogen and oxygen atoms in total. The van der Waals surface area contributed by atoms with Gasteiger partial charge in [0.2, 0.25) is 0 Å². The summed E-state index contributed by atoms with van der Waals surface area (Å²) in [7, 11) is 0. The van der Waals surface area contributed by atoms with E-state index in [1.165, 1.54) is 23.9 Å². The van der Waals surface area contributed by atoms with Crippen LogP contribution in [-0.2, 0) is 12.3 Å². The summed E-state index contributed by atoms with van der Waals surface area (Å²) >= 11 is 1.40. The van der Waals surface area contributed by atoms with Gasteiger partial charge in [-0.3, -0.25) is 0 Å². The van der Waals surface area contributed by atoms with Gasteiger partial charge in [-0.25, -0.2) is 8.78 Å². The van der Waals surface area contributed by atoms with Crippen LogP contribution in [0.3, 0.4) is 0 Å². The van der Waals surface area contributed by atoms with E-state index in [2.05, 4.69) is 0 Å². The lowest BCUT2D eigenvalue weighted by Gasteiger charge is -2.06. The molecular weight excluding hydrogens is 252 g/mol. The Morgan fingerprint density at radius 2 is 1.61 bits per heavy atom. The van der Waals surface area contributed by atoms with Crippen LogP contribution in [-0.4, -0.2) is 0 Å². The van der Waals surface area contributed by atoms with Gasteiger partial charge < -0.3 is 5.73 Å². The van der Waals surface area contributed by atoms with Crippen LogP contribution in [0.5, 0.6) is 0 Å². The Morgan fingerprint density at radius 1 is 1.00 bits per heavy atom. The second-order valence-corrected chi connectivity index (χ2v) is 4.89. The molecule has 0 amide bonds. The highest BCUT2D eigenvalue weighted by Gasteiger charge is 2.09. The first-order valence-corrected chi connectivity index (χ1v) is 6.54. The molecule has 0 heterocycles. The number of halogens is 2. The molecule has 2 N–H and O–H groups in total. The van der Waals surface area contributed by atoms with E-state index >= 15 is 0 Å². The summed E-state index contributed by atoms with van der Waals surface area (Å²) in [6, 6.07) is 12.4. The lowest BCUT2D eigenvalue weighted by molar-refractivity contribution is 0.551. The minimum atomic E-state index is -0.576. The molecule has 0 fully saturated rings. The number of thioether (sulfide) groups is 1. The Hall–Kier alpha value is -1.39. The zero-order valence-electron chi connectivity index (χ0n) is 9.70. The van der Waals surface area contributed by atoms with Crippen molar-refractivity contribution in [2.24, 2.45) is 5.73 Å². The smallest absolute Gasteiger partial charge is 0.131 e. The van der Waals surface area contributed by atoms with Crippen LogP contribution in [0.4, 0.5) is 8.78 Å². The van der Waals surface area contributed by atoms with Crippen molar-refractivity contribution in [2.75, 3.05) is 0 Å². The highest BCUT2D eigenvalue weighted by atomic mass is 32.2. The minimum Gasteiger partial charge on any atom is -0.326 e. The molecule has 0 saturated carbocycles. The summed E-state index contributed by atoms with van der Waals surface area (Å²) in [5.41, 5.74) is 6.34. The van der Waals surface area contributed by atoms with E-state index < -0.39 is 11.6 Å². The molecule has 0 aliphatic carbocycles. The number of rotatable bonds is 4. The van der Waals surface area contributed by atoms with Crippen LogP contribution in [0.1, 0.15) is 11.1 Å². The van der Waals surface area contributed by atoms with Crippen molar-refractivity contribution in [2.45, 2.75) is 17.2 Å². The van der Waals surface area contributed by atoms with Crippen molar-refractivity contribution >= 4 is 11.8 Å². The fourth-order valence-corrected chi connectivity index (χ4v) is 2.50. The third kappa shape index (κ3) is 3.09. The molecule has 2 aromatic carbocycles. The molecule has 0 spiro atoms. The topological polar surface area (TPSA) is 26.0 Å². The van der Waals surface area contributed by atoms with Gasteiger partial charge in [0.1, 0.15) is 11.6 Å². The molecule has 0 aliphatic rings. The Morgan fingerprint density at radius 3 is 2.17 bits per heavy atom.